The Labute approximate surface area is 134 Å². The smallest absolute Gasteiger partial charge is 0.276 e. The number of benzene rings is 1. The van der Waals surface area contributed by atoms with Gasteiger partial charge < -0.3 is 0 Å². The predicted octanol–water partition coefficient (Wildman–Crippen LogP) is 4.32. The zero-order valence-corrected chi connectivity index (χ0v) is 13.9. The van der Waals surface area contributed by atoms with E-state index in [1.807, 2.05) is 6.92 Å². The molecule has 0 spiro atoms. The number of hydrogen-bond acceptors (Lipinski definition) is 4. The Kier molecular flexibility index (Phi) is 3.73. The number of aromatic nitrogens is 2. The topological polar surface area (TPSA) is 54.9 Å². The summed E-state index contributed by atoms with van der Waals surface area (Å²) in [5.41, 5.74) is 3.59. The number of amides is 1. The van der Waals surface area contributed by atoms with Crippen molar-refractivity contribution in [3.63, 3.8) is 0 Å². The number of halogens is 1. The molecule has 3 rings (SSSR count). The number of nitrogens with zero attached hydrogens (tertiary/aromatic N) is 2. The summed E-state index contributed by atoms with van der Waals surface area (Å²) in [4.78, 5) is 20.8. The summed E-state index contributed by atoms with van der Waals surface area (Å²) < 4.78 is 1.70. The molecule has 0 radical (unpaired) electrons. The van der Waals surface area contributed by atoms with Crippen LogP contribution in [0.15, 0.2) is 34.9 Å². The van der Waals surface area contributed by atoms with Crippen molar-refractivity contribution in [2.45, 2.75) is 13.8 Å². The van der Waals surface area contributed by atoms with Gasteiger partial charge in [0.05, 0.1) is 10.2 Å². The van der Waals surface area contributed by atoms with Gasteiger partial charge >= 0.3 is 0 Å². The Morgan fingerprint density at radius 2 is 2.05 bits per heavy atom. The van der Waals surface area contributed by atoms with Crippen molar-refractivity contribution in [2.24, 2.45) is 0 Å². The van der Waals surface area contributed by atoms with Gasteiger partial charge in [-0.1, -0.05) is 23.5 Å². The van der Waals surface area contributed by atoms with Crippen LogP contribution in [0.4, 0.5) is 5.13 Å². The van der Waals surface area contributed by atoms with E-state index < -0.39 is 0 Å². The van der Waals surface area contributed by atoms with Gasteiger partial charge in [-0.05, 0) is 59.1 Å². The number of rotatable bonds is 2. The van der Waals surface area contributed by atoms with Crippen LogP contribution in [-0.2, 0) is 0 Å². The highest BCUT2D eigenvalue weighted by molar-refractivity contribution is 9.10. The number of fused-ring (bicyclic) bond motifs is 1. The molecule has 0 saturated heterocycles. The standard InChI is InChI=1S/C15H12BrN3OS/c1-8-6-9(2)13-11(7-8)21-15(18-13)19-14(20)10-4-3-5-12(16)17-10/h3-7H,1-2H3,(H,18,19,20). The van der Waals surface area contributed by atoms with E-state index in [9.17, 15) is 4.79 Å². The molecule has 1 aromatic carbocycles. The van der Waals surface area contributed by atoms with Crippen molar-refractivity contribution in [3.05, 3.63) is 51.8 Å². The summed E-state index contributed by atoms with van der Waals surface area (Å²) in [5.74, 6) is -0.260. The maximum absolute atomic E-state index is 12.2. The monoisotopic (exact) mass is 361 g/mol. The third-order valence-corrected chi connectivity index (χ3v) is 4.36. The Balaban J connectivity index is 1.91. The average molecular weight is 362 g/mol. The molecule has 4 nitrogen and oxygen atoms in total. The summed E-state index contributed by atoms with van der Waals surface area (Å²) in [7, 11) is 0. The van der Waals surface area contributed by atoms with Crippen molar-refractivity contribution in [3.8, 4) is 0 Å². The van der Waals surface area contributed by atoms with Crippen LogP contribution in [0.5, 0.6) is 0 Å². The molecule has 1 N–H and O–H groups in total. The minimum Gasteiger partial charge on any atom is -0.296 e. The fraction of sp³-hybridized carbons (Fsp3) is 0.133. The third-order valence-electron chi connectivity index (χ3n) is 3.00. The maximum atomic E-state index is 12.2. The molecule has 6 heteroatoms. The number of thiazole rings is 1. The molecular weight excluding hydrogens is 350 g/mol. The lowest BCUT2D eigenvalue weighted by molar-refractivity contribution is 0.102. The van der Waals surface area contributed by atoms with Gasteiger partial charge in [-0.25, -0.2) is 9.97 Å². The maximum Gasteiger partial charge on any atom is 0.276 e. The molecule has 2 aromatic heterocycles. The van der Waals surface area contributed by atoms with Crippen molar-refractivity contribution in [1.29, 1.82) is 0 Å². The van der Waals surface area contributed by atoms with E-state index in [4.69, 9.17) is 0 Å². The molecule has 0 atom stereocenters. The number of aryl methyl sites for hydroxylation is 2. The molecule has 3 aromatic rings. The van der Waals surface area contributed by atoms with E-state index >= 15 is 0 Å². The van der Waals surface area contributed by atoms with E-state index in [0.717, 1.165) is 15.8 Å². The lowest BCUT2D eigenvalue weighted by Crippen LogP contribution is -2.13. The molecule has 21 heavy (non-hydrogen) atoms. The number of pyridine rings is 1. The van der Waals surface area contributed by atoms with Crippen molar-refractivity contribution < 1.29 is 4.79 Å². The van der Waals surface area contributed by atoms with E-state index in [1.54, 1.807) is 18.2 Å². The van der Waals surface area contributed by atoms with E-state index in [1.165, 1.54) is 16.9 Å². The van der Waals surface area contributed by atoms with E-state index in [-0.39, 0.29) is 5.91 Å². The number of carbonyl (C=O) groups excluding carboxylic acids is 1. The summed E-state index contributed by atoms with van der Waals surface area (Å²) in [6, 6.07) is 9.39. The second kappa shape index (κ2) is 5.54. The van der Waals surface area contributed by atoms with Crippen molar-refractivity contribution in [1.82, 2.24) is 9.97 Å². The largest absolute Gasteiger partial charge is 0.296 e. The zero-order valence-electron chi connectivity index (χ0n) is 11.5. The molecule has 2 heterocycles. The van der Waals surface area contributed by atoms with E-state index in [2.05, 4.69) is 50.3 Å². The second-order valence-corrected chi connectivity index (χ2v) is 6.59. The zero-order chi connectivity index (χ0) is 15.0. The van der Waals surface area contributed by atoms with Crippen LogP contribution in [0.3, 0.4) is 0 Å². The molecule has 1 amide bonds. The van der Waals surface area contributed by atoms with Crippen LogP contribution in [0, 0.1) is 13.8 Å². The molecule has 106 valence electrons. The second-order valence-electron chi connectivity index (χ2n) is 4.75. The Hall–Kier alpha value is -1.79. The lowest BCUT2D eigenvalue weighted by atomic mass is 10.1. The summed E-state index contributed by atoms with van der Waals surface area (Å²) in [6.07, 6.45) is 0. The molecule has 0 saturated carbocycles. The van der Waals surface area contributed by atoms with Crippen LogP contribution in [-0.4, -0.2) is 15.9 Å². The highest BCUT2D eigenvalue weighted by atomic mass is 79.9. The van der Waals surface area contributed by atoms with Gasteiger partial charge in [0.25, 0.3) is 5.91 Å². The van der Waals surface area contributed by atoms with E-state index in [0.29, 0.717) is 15.4 Å². The number of carbonyl (C=O) groups is 1. The van der Waals surface area contributed by atoms with Gasteiger partial charge in [0.15, 0.2) is 5.13 Å². The van der Waals surface area contributed by atoms with Crippen LogP contribution < -0.4 is 5.32 Å². The van der Waals surface area contributed by atoms with Gasteiger partial charge in [0.2, 0.25) is 0 Å². The highest BCUT2D eigenvalue weighted by Gasteiger charge is 2.12. The quantitative estimate of drug-likeness (QED) is 0.691. The first-order chi connectivity index (χ1) is 10.0. The molecule has 0 unspecified atom stereocenters. The average Bonchev–Trinajstić information content (AvgIpc) is 2.81. The SMILES string of the molecule is Cc1cc(C)c2nc(NC(=O)c3cccc(Br)n3)sc2c1. The summed E-state index contributed by atoms with van der Waals surface area (Å²) in [6.45, 7) is 4.08. The third kappa shape index (κ3) is 2.96. The highest BCUT2D eigenvalue weighted by Crippen LogP contribution is 2.29. The first kappa shape index (κ1) is 14.2. The normalized spacial score (nSPS) is 10.8. The van der Waals surface area contributed by atoms with Crippen LogP contribution in [0.2, 0.25) is 0 Å². The Morgan fingerprint density at radius 3 is 2.81 bits per heavy atom. The molecular formula is C15H12BrN3OS. The van der Waals surface area contributed by atoms with Gasteiger partial charge in [-0.15, -0.1) is 0 Å². The van der Waals surface area contributed by atoms with Crippen molar-refractivity contribution in [2.75, 3.05) is 5.32 Å². The van der Waals surface area contributed by atoms with Crippen LogP contribution in [0.25, 0.3) is 10.2 Å². The van der Waals surface area contributed by atoms with Crippen LogP contribution >= 0.6 is 27.3 Å². The lowest BCUT2D eigenvalue weighted by Gasteiger charge is -2.00. The molecule has 0 aliphatic heterocycles. The van der Waals surface area contributed by atoms with Crippen LogP contribution in [0.1, 0.15) is 21.6 Å². The van der Waals surface area contributed by atoms with Gasteiger partial charge in [0, 0.05) is 0 Å². The molecule has 0 bridgehead atoms. The Bertz CT molecular complexity index is 844. The first-order valence-electron chi connectivity index (χ1n) is 6.34. The minimum absolute atomic E-state index is 0.260. The first-order valence-corrected chi connectivity index (χ1v) is 7.95. The summed E-state index contributed by atoms with van der Waals surface area (Å²) in [5, 5.41) is 3.40. The molecule has 0 aliphatic rings. The number of hydrogen-bond donors (Lipinski definition) is 1. The minimum atomic E-state index is -0.260. The van der Waals surface area contributed by atoms with Gasteiger partial charge in [-0.2, -0.15) is 0 Å². The fourth-order valence-corrected chi connectivity index (χ4v) is 3.50. The molecule has 0 fully saturated rings. The number of nitrogens with one attached hydrogen (secondary N) is 1. The van der Waals surface area contributed by atoms with Crippen molar-refractivity contribution >= 4 is 48.5 Å². The predicted molar refractivity (Wildman–Crippen MR) is 89.0 cm³/mol. The van der Waals surface area contributed by atoms with Gasteiger partial charge in [0.1, 0.15) is 10.3 Å². The Morgan fingerprint density at radius 1 is 1.24 bits per heavy atom. The fourth-order valence-electron chi connectivity index (χ4n) is 2.12. The molecule has 0 aliphatic carbocycles. The number of anilines is 1. The van der Waals surface area contributed by atoms with Gasteiger partial charge in [-0.3, -0.25) is 10.1 Å². The summed E-state index contributed by atoms with van der Waals surface area (Å²) >= 11 is 4.73.